The predicted octanol–water partition coefficient (Wildman–Crippen LogP) is 2.15. The zero-order valence-corrected chi connectivity index (χ0v) is 12.7. The number of barbiturate groups is 1. The van der Waals surface area contributed by atoms with E-state index in [1.165, 1.54) is 0 Å². The molecule has 100 valence electrons. The minimum atomic E-state index is -0.824. The van der Waals surface area contributed by atoms with E-state index in [1.54, 1.807) is 32.0 Å². The van der Waals surface area contributed by atoms with Crippen LogP contribution in [0.25, 0.3) is 0 Å². The van der Waals surface area contributed by atoms with Crippen LogP contribution in [0.1, 0.15) is 13.8 Å². The van der Waals surface area contributed by atoms with Crippen molar-refractivity contribution in [3.63, 3.8) is 0 Å². The van der Waals surface area contributed by atoms with Gasteiger partial charge >= 0.3 is 6.03 Å². The van der Waals surface area contributed by atoms with E-state index < -0.39 is 23.8 Å². The number of benzene rings is 1. The largest absolute Gasteiger partial charge is 0.335 e. The molecule has 19 heavy (non-hydrogen) atoms. The van der Waals surface area contributed by atoms with E-state index in [9.17, 15) is 14.4 Å². The van der Waals surface area contributed by atoms with Gasteiger partial charge < -0.3 is 0 Å². The Kier molecular flexibility index (Phi) is 3.88. The van der Waals surface area contributed by atoms with E-state index in [0.717, 1.165) is 8.47 Å². The lowest BCUT2D eigenvalue weighted by Gasteiger charge is -2.31. The molecule has 2 rings (SSSR count). The van der Waals surface area contributed by atoms with E-state index in [-0.39, 0.29) is 5.92 Å². The Balaban J connectivity index is 2.42. The second-order valence-electron chi connectivity index (χ2n) is 4.67. The fourth-order valence-electron chi connectivity index (χ4n) is 2.04. The topological polar surface area (TPSA) is 66.5 Å². The first kappa shape index (κ1) is 14.0. The Morgan fingerprint density at radius 3 is 2.53 bits per heavy atom. The number of carbonyl (C=O) groups excluding carboxylic acids is 3. The van der Waals surface area contributed by atoms with Crippen LogP contribution in [0.4, 0.5) is 10.5 Å². The summed E-state index contributed by atoms with van der Waals surface area (Å²) in [5.41, 5.74) is 0.479. The van der Waals surface area contributed by atoms with Crippen LogP contribution in [0.3, 0.4) is 0 Å². The number of hydrogen-bond acceptors (Lipinski definition) is 3. The predicted molar refractivity (Wildman–Crippen MR) is 78.5 cm³/mol. The summed E-state index contributed by atoms with van der Waals surface area (Å²) in [6, 6.07) is 6.34. The Morgan fingerprint density at radius 2 is 1.95 bits per heavy atom. The number of halogens is 1. The summed E-state index contributed by atoms with van der Waals surface area (Å²) in [6.07, 6.45) is 0. The SMILES string of the molecule is CC(C)C1C(=O)NC(=O)N(c2cccc(I)c2)C1=O. The minimum absolute atomic E-state index is 0.161. The van der Waals surface area contributed by atoms with Crippen molar-refractivity contribution in [3.05, 3.63) is 27.8 Å². The van der Waals surface area contributed by atoms with Gasteiger partial charge in [-0.05, 0) is 46.7 Å². The number of rotatable bonds is 2. The molecule has 1 N–H and O–H groups in total. The van der Waals surface area contributed by atoms with Crippen molar-refractivity contribution >= 4 is 46.1 Å². The second kappa shape index (κ2) is 5.28. The molecule has 5 nitrogen and oxygen atoms in total. The molecule has 0 aromatic heterocycles. The lowest BCUT2D eigenvalue weighted by molar-refractivity contribution is -0.136. The average molecular weight is 372 g/mol. The molecular weight excluding hydrogens is 359 g/mol. The summed E-state index contributed by atoms with van der Waals surface area (Å²) < 4.78 is 0.911. The number of hydrogen-bond donors (Lipinski definition) is 1. The number of nitrogens with one attached hydrogen (secondary N) is 1. The van der Waals surface area contributed by atoms with Gasteiger partial charge in [0.05, 0.1) is 5.69 Å². The van der Waals surface area contributed by atoms with Crippen molar-refractivity contribution in [2.24, 2.45) is 11.8 Å². The quantitative estimate of drug-likeness (QED) is 0.639. The van der Waals surface area contributed by atoms with Gasteiger partial charge in [-0.2, -0.15) is 0 Å². The maximum absolute atomic E-state index is 12.3. The first-order valence-corrected chi connectivity index (χ1v) is 6.94. The van der Waals surface area contributed by atoms with Crippen molar-refractivity contribution in [1.29, 1.82) is 0 Å². The molecule has 4 amide bonds. The third kappa shape index (κ3) is 2.63. The van der Waals surface area contributed by atoms with Crippen molar-refractivity contribution in [1.82, 2.24) is 5.32 Å². The Morgan fingerprint density at radius 1 is 1.26 bits per heavy atom. The van der Waals surface area contributed by atoms with Crippen LogP contribution in [0.5, 0.6) is 0 Å². The van der Waals surface area contributed by atoms with E-state index in [0.29, 0.717) is 5.69 Å². The highest BCUT2D eigenvalue weighted by molar-refractivity contribution is 14.1. The van der Waals surface area contributed by atoms with Gasteiger partial charge in [-0.1, -0.05) is 19.9 Å². The van der Waals surface area contributed by atoms with Crippen molar-refractivity contribution < 1.29 is 14.4 Å². The molecule has 1 aliphatic rings. The monoisotopic (exact) mass is 372 g/mol. The average Bonchev–Trinajstić information content (AvgIpc) is 2.27. The Bertz CT molecular complexity index is 557. The van der Waals surface area contributed by atoms with E-state index in [4.69, 9.17) is 0 Å². The standard InChI is InChI=1S/C13H13IN2O3/c1-7(2)10-11(17)15-13(19)16(12(10)18)9-5-3-4-8(14)6-9/h3-7,10H,1-2H3,(H,15,17,19). The number of carbonyl (C=O) groups is 3. The number of anilines is 1. The van der Waals surface area contributed by atoms with Crippen molar-refractivity contribution in [3.8, 4) is 0 Å². The van der Waals surface area contributed by atoms with E-state index in [1.807, 2.05) is 6.07 Å². The molecule has 0 radical (unpaired) electrons. The van der Waals surface area contributed by atoms with E-state index in [2.05, 4.69) is 27.9 Å². The van der Waals surface area contributed by atoms with Crippen LogP contribution >= 0.6 is 22.6 Å². The van der Waals surface area contributed by atoms with Crippen molar-refractivity contribution in [2.75, 3.05) is 4.90 Å². The first-order chi connectivity index (χ1) is 8.91. The molecule has 1 fully saturated rings. The summed E-state index contributed by atoms with van der Waals surface area (Å²) >= 11 is 2.10. The van der Waals surface area contributed by atoms with Crippen LogP contribution in [0.2, 0.25) is 0 Å². The van der Waals surface area contributed by atoms with Gasteiger partial charge in [0, 0.05) is 3.57 Å². The first-order valence-electron chi connectivity index (χ1n) is 5.86. The molecule has 1 saturated heterocycles. The number of amides is 4. The molecule has 1 unspecified atom stereocenters. The highest BCUT2D eigenvalue weighted by Gasteiger charge is 2.42. The molecule has 1 aromatic rings. The smallest absolute Gasteiger partial charge is 0.277 e. The van der Waals surface area contributed by atoms with Gasteiger partial charge in [-0.3, -0.25) is 14.9 Å². The van der Waals surface area contributed by atoms with Gasteiger partial charge in [0.15, 0.2) is 0 Å². The summed E-state index contributed by atoms with van der Waals surface area (Å²) in [7, 11) is 0. The molecular formula is C13H13IN2O3. The van der Waals surface area contributed by atoms with Gasteiger partial charge in [0.1, 0.15) is 5.92 Å². The van der Waals surface area contributed by atoms with Crippen LogP contribution in [0, 0.1) is 15.4 Å². The third-order valence-corrected chi connectivity index (χ3v) is 3.61. The molecule has 1 atom stereocenters. The van der Waals surface area contributed by atoms with E-state index >= 15 is 0 Å². The molecule has 0 saturated carbocycles. The maximum Gasteiger partial charge on any atom is 0.335 e. The van der Waals surface area contributed by atoms with Gasteiger partial charge in [-0.25, -0.2) is 9.69 Å². The fraction of sp³-hybridized carbons (Fsp3) is 0.308. The van der Waals surface area contributed by atoms with Gasteiger partial charge in [-0.15, -0.1) is 0 Å². The zero-order valence-electron chi connectivity index (χ0n) is 10.5. The van der Waals surface area contributed by atoms with Gasteiger partial charge in [0.2, 0.25) is 11.8 Å². The fourth-order valence-corrected chi connectivity index (χ4v) is 2.56. The summed E-state index contributed by atoms with van der Waals surface area (Å²) in [6.45, 7) is 3.57. The lowest BCUT2D eigenvalue weighted by Crippen LogP contribution is -2.59. The lowest BCUT2D eigenvalue weighted by atomic mass is 9.92. The number of urea groups is 1. The summed E-state index contributed by atoms with van der Waals surface area (Å²) in [4.78, 5) is 37.0. The number of nitrogens with zero attached hydrogens (tertiary/aromatic N) is 1. The van der Waals surface area contributed by atoms with Crippen molar-refractivity contribution in [2.45, 2.75) is 13.8 Å². The molecule has 0 bridgehead atoms. The molecule has 0 spiro atoms. The Labute approximate surface area is 124 Å². The van der Waals surface area contributed by atoms with Crippen LogP contribution < -0.4 is 10.2 Å². The van der Waals surface area contributed by atoms with Crippen LogP contribution in [-0.2, 0) is 9.59 Å². The Hall–Kier alpha value is -1.44. The van der Waals surface area contributed by atoms with Crippen LogP contribution in [-0.4, -0.2) is 17.8 Å². The molecule has 1 aliphatic heterocycles. The van der Waals surface area contributed by atoms with Crippen LogP contribution in [0.15, 0.2) is 24.3 Å². The second-order valence-corrected chi connectivity index (χ2v) is 5.92. The zero-order chi connectivity index (χ0) is 14.2. The molecule has 6 heteroatoms. The molecule has 1 aromatic carbocycles. The molecule has 0 aliphatic carbocycles. The maximum atomic E-state index is 12.3. The normalized spacial score (nSPS) is 19.9. The molecule has 1 heterocycles. The van der Waals surface area contributed by atoms with Gasteiger partial charge in [0.25, 0.3) is 0 Å². The minimum Gasteiger partial charge on any atom is -0.277 e. The summed E-state index contributed by atoms with van der Waals surface area (Å²) in [5, 5.41) is 2.23. The third-order valence-electron chi connectivity index (χ3n) is 2.94. The summed E-state index contributed by atoms with van der Waals surface area (Å²) in [5.74, 6) is -1.97. The highest BCUT2D eigenvalue weighted by Crippen LogP contribution is 2.25. The number of imide groups is 2. The highest BCUT2D eigenvalue weighted by atomic mass is 127.